The van der Waals surface area contributed by atoms with Crippen LogP contribution in [0, 0.1) is 6.92 Å². The lowest BCUT2D eigenvalue weighted by atomic mass is 9.98. The zero-order chi connectivity index (χ0) is 19.9. The normalized spacial score (nSPS) is 13.0. The maximum absolute atomic E-state index is 12.9. The van der Waals surface area contributed by atoms with E-state index in [1.54, 1.807) is 0 Å². The van der Waals surface area contributed by atoms with Crippen LogP contribution < -0.4 is 5.32 Å². The predicted molar refractivity (Wildman–Crippen MR) is 114 cm³/mol. The van der Waals surface area contributed by atoms with E-state index in [1.807, 2.05) is 36.2 Å². The average molecular weight is 374 g/mol. The lowest BCUT2D eigenvalue weighted by molar-refractivity contribution is -0.677. The molecule has 0 heterocycles. The Labute approximate surface area is 168 Å². The van der Waals surface area contributed by atoms with E-state index < -0.39 is 0 Å². The summed E-state index contributed by atoms with van der Waals surface area (Å²) < 4.78 is 0. The van der Waals surface area contributed by atoms with E-state index in [2.05, 4.69) is 79.8 Å². The molecular formula is C25H29N2O+. The molecule has 1 amide bonds. The van der Waals surface area contributed by atoms with Gasteiger partial charge >= 0.3 is 0 Å². The first-order valence-corrected chi connectivity index (χ1v) is 9.81. The molecule has 0 aliphatic rings. The Bertz CT molecular complexity index is 875. The van der Waals surface area contributed by atoms with Gasteiger partial charge in [-0.1, -0.05) is 90.5 Å². The summed E-state index contributed by atoms with van der Waals surface area (Å²) in [6.07, 6.45) is 0. The molecule has 0 aromatic heterocycles. The summed E-state index contributed by atoms with van der Waals surface area (Å²) in [5.74, 6) is 0.129. The van der Waals surface area contributed by atoms with E-state index in [4.69, 9.17) is 0 Å². The van der Waals surface area contributed by atoms with Crippen molar-refractivity contribution in [1.82, 2.24) is 4.90 Å². The molecule has 0 fully saturated rings. The van der Waals surface area contributed by atoms with Crippen LogP contribution in [0.3, 0.4) is 0 Å². The second kappa shape index (κ2) is 9.34. The van der Waals surface area contributed by atoms with E-state index >= 15 is 0 Å². The number of nitrogens with two attached hydrogens (primary N) is 1. The van der Waals surface area contributed by atoms with E-state index in [9.17, 15) is 4.79 Å². The first-order chi connectivity index (χ1) is 13.6. The number of amides is 1. The van der Waals surface area contributed by atoms with Gasteiger partial charge in [-0.3, -0.25) is 4.79 Å². The molecule has 2 N–H and O–H groups in total. The van der Waals surface area contributed by atoms with Gasteiger partial charge in [-0.25, -0.2) is 0 Å². The molecule has 0 bridgehead atoms. The minimum atomic E-state index is 0.0525. The second-order valence-corrected chi connectivity index (χ2v) is 7.33. The first-order valence-electron chi connectivity index (χ1n) is 9.81. The molecule has 0 aliphatic carbocycles. The average Bonchev–Trinajstić information content (AvgIpc) is 2.75. The topological polar surface area (TPSA) is 36.9 Å². The van der Waals surface area contributed by atoms with Crippen LogP contribution in [0.2, 0.25) is 0 Å². The molecule has 0 radical (unpaired) electrons. The molecule has 3 rings (SSSR count). The molecular weight excluding hydrogens is 344 g/mol. The summed E-state index contributed by atoms with van der Waals surface area (Å²) in [6, 6.07) is 29.3. The largest absolute Gasteiger partial charge is 0.334 e. The highest BCUT2D eigenvalue weighted by Gasteiger charge is 2.22. The van der Waals surface area contributed by atoms with Crippen molar-refractivity contribution >= 4 is 5.91 Å². The fraction of sp³-hybridized carbons (Fsp3) is 0.240. The molecule has 0 saturated heterocycles. The maximum atomic E-state index is 12.9. The Kier molecular flexibility index (Phi) is 6.62. The summed E-state index contributed by atoms with van der Waals surface area (Å²) in [6.45, 7) is 4.57. The lowest BCUT2D eigenvalue weighted by Gasteiger charge is -2.26. The molecule has 3 aromatic carbocycles. The molecule has 3 nitrogen and oxygen atoms in total. The van der Waals surface area contributed by atoms with Crippen LogP contribution in [0.5, 0.6) is 0 Å². The van der Waals surface area contributed by atoms with Crippen LogP contribution in [-0.2, 0) is 4.79 Å². The van der Waals surface area contributed by atoms with Gasteiger partial charge in [0.25, 0.3) is 5.91 Å². The number of likely N-dealkylation sites (N-methyl/N-ethyl adjacent to an activating group) is 1. The summed E-state index contributed by atoms with van der Waals surface area (Å²) in [4.78, 5) is 14.7. The van der Waals surface area contributed by atoms with E-state index in [0.29, 0.717) is 6.54 Å². The predicted octanol–water partition coefficient (Wildman–Crippen LogP) is 3.87. The van der Waals surface area contributed by atoms with Gasteiger partial charge < -0.3 is 10.2 Å². The van der Waals surface area contributed by atoms with Crippen molar-refractivity contribution in [2.24, 2.45) is 0 Å². The van der Waals surface area contributed by atoms with Gasteiger partial charge in [0.05, 0.1) is 6.04 Å². The zero-order valence-electron chi connectivity index (χ0n) is 16.9. The van der Waals surface area contributed by atoms with Crippen molar-refractivity contribution in [3.63, 3.8) is 0 Å². The van der Waals surface area contributed by atoms with Crippen LogP contribution in [0.25, 0.3) is 0 Å². The number of nitrogens with zero attached hydrogens (tertiary/aromatic N) is 1. The van der Waals surface area contributed by atoms with Crippen molar-refractivity contribution in [2.45, 2.75) is 25.9 Å². The third-order valence-corrected chi connectivity index (χ3v) is 5.38. The van der Waals surface area contributed by atoms with Crippen molar-refractivity contribution < 1.29 is 10.1 Å². The van der Waals surface area contributed by atoms with Gasteiger partial charge in [0, 0.05) is 18.2 Å². The fourth-order valence-corrected chi connectivity index (χ4v) is 3.43. The summed E-state index contributed by atoms with van der Waals surface area (Å²) in [5.41, 5.74) is 4.81. The Balaban J connectivity index is 1.72. The third-order valence-electron chi connectivity index (χ3n) is 5.38. The zero-order valence-corrected chi connectivity index (χ0v) is 16.9. The number of hydrogen-bond acceptors (Lipinski definition) is 1. The lowest BCUT2D eigenvalue weighted by Crippen LogP contribution is -2.87. The van der Waals surface area contributed by atoms with Crippen LogP contribution >= 0.6 is 0 Å². The van der Waals surface area contributed by atoms with E-state index in [0.717, 1.165) is 5.56 Å². The molecule has 0 aliphatic heterocycles. The smallest absolute Gasteiger partial charge is 0.277 e. The minimum absolute atomic E-state index is 0.0525. The highest BCUT2D eigenvalue weighted by atomic mass is 16.2. The maximum Gasteiger partial charge on any atom is 0.277 e. The number of quaternary nitrogens is 1. The quantitative estimate of drug-likeness (QED) is 0.671. The number of carbonyl (C=O) groups excluding carboxylic acids is 1. The monoisotopic (exact) mass is 373 g/mol. The van der Waals surface area contributed by atoms with Gasteiger partial charge in [0.2, 0.25) is 0 Å². The van der Waals surface area contributed by atoms with Crippen molar-refractivity contribution in [1.29, 1.82) is 0 Å². The molecule has 2 atom stereocenters. The fourth-order valence-electron chi connectivity index (χ4n) is 3.43. The summed E-state index contributed by atoms with van der Waals surface area (Å²) >= 11 is 0. The Morgan fingerprint density at radius 3 is 1.89 bits per heavy atom. The summed E-state index contributed by atoms with van der Waals surface area (Å²) in [7, 11) is 1.89. The van der Waals surface area contributed by atoms with Crippen LogP contribution in [0.1, 0.15) is 41.3 Å². The minimum Gasteiger partial charge on any atom is -0.334 e. The van der Waals surface area contributed by atoms with Crippen LogP contribution in [-0.4, -0.2) is 24.4 Å². The summed E-state index contributed by atoms with van der Waals surface area (Å²) in [5, 5.41) is 2.14. The van der Waals surface area contributed by atoms with Gasteiger partial charge in [0.1, 0.15) is 6.04 Å². The molecule has 28 heavy (non-hydrogen) atoms. The number of benzene rings is 3. The number of hydrogen-bond donors (Lipinski definition) is 1. The Morgan fingerprint density at radius 2 is 1.32 bits per heavy atom. The molecule has 0 saturated carbocycles. The van der Waals surface area contributed by atoms with Gasteiger partial charge in [-0.05, 0) is 19.4 Å². The van der Waals surface area contributed by atoms with Crippen molar-refractivity contribution in [3.05, 3.63) is 107 Å². The molecule has 3 aromatic rings. The van der Waals surface area contributed by atoms with Crippen molar-refractivity contribution in [3.8, 4) is 0 Å². The molecule has 0 unspecified atom stereocenters. The van der Waals surface area contributed by atoms with Gasteiger partial charge in [-0.2, -0.15) is 0 Å². The third kappa shape index (κ3) is 4.87. The molecule has 0 spiro atoms. The van der Waals surface area contributed by atoms with Gasteiger partial charge in [0.15, 0.2) is 6.54 Å². The first kappa shape index (κ1) is 19.8. The standard InChI is InChI=1S/C25H28N2O/c1-19-14-16-23(17-15-19)25(22-12-8-5-9-13-22)26-18-24(28)27(3)20(2)21-10-6-4-7-11-21/h4-17,20,25-26H,18H2,1-3H3/p+1/t20-,25-/m1/s1. The Hall–Kier alpha value is -2.91. The van der Waals surface area contributed by atoms with Crippen LogP contribution in [0.15, 0.2) is 84.9 Å². The van der Waals surface area contributed by atoms with Gasteiger partial charge in [-0.15, -0.1) is 0 Å². The van der Waals surface area contributed by atoms with Crippen LogP contribution in [0.4, 0.5) is 0 Å². The SMILES string of the molecule is Cc1ccc([C@H]([NH2+]CC(=O)N(C)[C@H](C)c2ccccc2)c2ccccc2)cc1. The van der Waals surface area contributed by atoms with E-state index in [1.165, 1.54) is 16.7 Å². The highest BCUT2D eigenvalue weighted by Crippen LogP contribution is 2.20. The molecule has 3 heteroatoms. The Morgan fingerprint density at radius 1 is 0.821 bits per heavy atom. The number of carbonyl (C=O) groups is 1. The number of rotatable bonds is 7. The van der Waals surface area contributed by atoms with Crippen molar-refractivity contribution in [2.75, 3.05) is 13.6 Å². The highest BCUT2D eigenvalue weighted by molar-refractivity contribution is 5.77. The van der Waals surface area contributed by atoms with E-state index in [-0.39, 0.29) is 18.0 Å². The number of aryl methyl sites for hydroxylation is 1. The molecule has 144 valence electrons. The second-order valence-electron chi connectivity index (χ2n) is 7.33.